The lowest BCUT2D eigenvalue weighted by atomic mass is 9.96. The van der Waals surface area contributed by atoms with Gasteiger partial charge in [-0.15, -0.1) is 0 Å². The van der Waals surface area contributed by atoms with Gasteiger partial charge in [0, 0.05) is 29.3 Å². The van der Waals surface area contributed by atoms with Crippen LogP contribution >= 0.6 is 12.2 Å². The molecule has 36 heavy (non-hydrogen) atoms. The quantitative estimate of drug-likeness (QED) is 0.315. The number of hydrogen-bond acceptors (Lipinski definition) is 3. The van der Waals surface area contributed by atoms with E-state index in [4.69, 9.17) is 21.9 Å². The van der Waals surface area contributed by atoms with Crippen LogP contribution in [0.25, 0.3) is 5.69 Å². The zero-order chi connectivity index (χ0) is 25.6. The van der Waals surface area contributed by atoms with E-state index in [1.807, 2.05) is 36.5 Å². The van der Waals surface area contributed by atoms with Crippen molar-refractivity contribution in [3.63, 3.8) is 0 Å². The Labute approximate surface area is 218 Å². The molecule has 1 aliphatic heterocycles. The van der Waals surface area contributed by atoms with Crippen LogP contribution < -0.4 is 15.0 Å². The molecule has 0 bridgehead atoms. The zero-order valence-electron chi connectivity index (χ0n) is 21.7. The number of aromatic nitrogens is 2. The van der Waals surface area contributed by atoms with Gasteiger partial charge in [0.1, 0.15) is 5.75 Å². The van der Waals surface area contributed by atoms with Crippen LogP contribution in [0.4, 0.5) is 5.69 Å². The lowest BCUT2D eigenvalue weighted by molar-refractivity contribution is 0.415. The summed E-state index contributed by atoms with van der Waals surface area (Å²) in [6.45, 7) is 10.9. The Bertz CT molecular complexity index is 1420. The molecule has 0 unspecified atom stereocenters. The maximum atomic E-state index is 5.93. The highest BCUT2D eigenvalue weighted by Crippen LogP contribution is 2.44. The molecule has 0 amide bonds. The van der Waals surface area contributed by atoms with Gasteiger partial charge < -0.3 is 19.5 Å². The number of aryl methyl sites for hydroxylation is 4. The van der Waals surface area contributed by atoms with Gasteiger partial charge in [-0.25, -0.2) is 0 Å². The molecule has 1 fully saturated rings. The van der Waals surface area contributed by atoms with Gasteiger partial charge >= 0.3 is 0 Å². The van der Waals surface area contributed by atoms with Crippen molar-refractivity contribution in [1.82, 2.24) is 14.9 Å². The Morgan fingerprint density at radius 2 is 1.67 bits per heavy atom. The van der Waals surface area contributed by atoms with Gasteiger partial charge in [-0.1, -0.05) is 29.8 Å². The van der Waals surface area contributed by atoms with Crippen molar-refractivity contribution in [2.75, 3.05) is 12.0 Å². The summed E-state index contributed by atoms with van der Waals surface area (Å²) < 4.78 is 7.92. The molecular formula is C30H32N4OS. The summed E-state index contributed by atoms with van der Waals surface area (Å²) in [6.07, 6.45) is 1.84. The number of nitrogens with one attached hydrogen (secondary N) is 1. The molecule has 4 aromatic rings. The molecular weight excluding hydrogens is 464 g/mol. The van der Waals surface area contributed by atoms with E-state index >= 15 is 0 Å². The summed E-state index contributed by atoms with van der Waals surface area (Å²) in [7, 11) is 1.69. The van der Waals surface area contributed by atoms with E-state index in [1.54, 1.807) is 7.11 Å². The molecule has 0 aliphatic carbocycles. The molecule has 5 nitrogen and oxygen atoms in total. The van der Waals surface area contributed by atoms with Crippen LogP contribution in [0, 0.1) is 34.6 Å². The van der Waals surface area contributed by atoms with Gasteiger partial charge in [0.05, 0.1) is 30.6 Å². The van der Waals surface area contributed by atoms with Crippen LogP contribution in [0.1, 0.15) is 51.4 Å². The zero-order valence-corrected chi connectivity index (χ0v) is 22.5. The van der Waals surface area contributed by atoms with Crippen molar-refractivity contribution in [1.29, 1.82) is 0 Å². The second-order valence-corrected chi connectivity index (χ2v) is 9.99. The maximum absolute atomic E-state index is 5.93. The van der Waals surface area contributed by atoms with E-state index in [0.717, 1.165) is 17.1 Å². The Kier molecular flexibility index (Phi) is 6.31. The first-order chi connectivity index (χ1) is 17.3. The first kappa shape index (κ1) is 24.1. The smallest absolute Gasteiger partial charge is 0.174 e. The summed E-state index contributed by atoms with van der Waals surface area (Å²) in [6, 6.07) is 20.8. The van der Waals surface area contributed by atoms with Gasteiger partial charge in [0.2, 0.25) is 0 Å². The van der Waals surface area contributed by atoms with Crippen LogP contribution in [0.15, 0.2) is 66.9 Å². The third-order valence-electron chi connectivity index (χ3n) is 7.08. The molecule has 2 atom stereocenters. The average molecular weight is 497 g/mol. The summed E-state index contributed by atoms with van der Waals surface area (Å²) in [5, 5.41) is 4.25. The lowest BCUT2D eigenvalue weighted by Gasteiger charge is -2.28. The van der Waals surface area contributed by atoms with Crippen LogP contribution in [0.5, 0.6) is 5.75 Å². The minimum absolute atomic E-state index is 0.0782. The summed E-state index contributed by atoms with van der Waals surface area (Å²) in [4.78, 5) is 6.91. The Hall–Kier alpha value is -3.64. The highest BCUT2D eigenvalue weighted by atomic mass is 32.1. The minimum atomic E-state index is -0.0981. The molecule has 1 saturated heterocycles. The Balaban J connectivity index is 1.71. The van der Waals surface area contributed by atoms with Crippen LogP contribution in [0.2, 0.25) is 0 Å². The van der Waals surface area contributed by atoms with E-state index in [0.29, 0.717) is 5.11 Å². The molecule has 1 aliphatic rings. The molecule has 3 heterocycles. The number of benzene rings is 2. The Morgan fingerprint density at radius 3 is 2.33 bits per heavy atom. The third-order valence-corrected chi connectivity index (χ3v) is 7.39. The van der Waals surface area contributed by atoms with Crippen molar-refractivity contribution in [2.24, 2.45) is 0 Å². The highest BCUT2D eigenvalue weighted by molar-refractivity contribution is 7.80. The van der Waals surface area contributed by atoms with Gasteiger partial charge in [-0.3, -0.25) is 4.98 Å². The van der Waals surface area contributed by atoms with Crippen LogP contribution in [-0.4, -0.2) is 21.8 Å². The fourth-order valence-corrected chi connectivity index (χ4v) is 6.01. The van der Waals surface area contributed by atoms with Crippen molar-refractivity contribution in [3.05, 3.63) is 106 Å². The van der Waals surface area contributed by atoms with Crippen LogP contribution in [-0.2, 0) is 0 Å². The Morgan fingerprint density at radius 1 is 0.917 bits per heavy atom. The van der Waals surface area contributed by atoms with Gasteiger partial charge in [-0.05, 0) is 93.9 Å². The van der Waals surface area contributed by atoms with E-state index in [-0.39, 0.29) is 12.1 Å². The van der Waals surface area contributed by atoms with Crippen LogP contribution in [0.3, 0.4) is 0 Å². The highest BCUT2D eigenvalue weighted by Gasteiger charge is 2.42. The monoisotopic (exact) mass is 496 g/mol. The van der Waals surface area contributed by atoms with Crippen molar-refractivity contribution in [3.8, 4) is 11.4 Å². The molecule has 6 heteroatoms. The number of hydrogen-bond donors (Lipinski definition) is 1. The predicted molar refractivity (Wildman–Crippen MR) is 150 cm³/mol. The number of thiocarbonyl (C=S) groups is 1. The molecule has 2 aromatic carbocycles. The fraction of sp³-hybridized carbons (Fsp3) is 0.267. The molecule has 2 aromatic heterocycles. The molecule has 5 rings (SSSR count). The minimum Gasteiger partial charge on any atom is -0.497 e. The molecule has 0 saturated carbocycles. The number of methoxy groups -OCH3 is 1. The lowest BCUT2D eigenvalue weighted by Crippen LogP contribution is -2.29. The fourth-order valence-electron chi connectivity index (χ4n) is 5.67. The third kappa shape index (κ3) is 4.05. The van der Waals surface area contributed by atoms with Crippen molar-refractivity contribution >= 4 is 23.0 Å². The molecule has 184 valence electrons. The second kappa shape index (κ2) is 9.43. The standard InChI is InChI=1S/C30H32N4OS/c1-18-14-19(2)28(20(3)15-18)33-21(4)16-25(22(33)5)29-27(26-12-7-8-13-31-26)32-30(36)34(29)23-10-9-11-24(17-23)35-6/h7-17,27,29H,1-6H3,(H,32,36)/t27-,29-/m0/s1. The number of anilines is 1. The van der Waals surface area contributed by atoms with Crippen molar-refractivity contribution < 1.29 is 4.74 Å². The second-order valence-electron chi connectivity index (χ2n) is 9.61. The van der Waals surface area contributed by atoms with E-state index in [1.165, 1.54) is 39.3 Å². The number of pyridine rings is 1. The topological polar surface area (TPSA) is 42.3 Å². The summed E-state index contributed by atoms with van der Waals surface area (Å²) in [5.41, 5.74) is 10.6. The van der Waals surface area contributed by atoms with Gasteiger partial charge in [0.25, 0.3) is 0 Å². The van der Waals surface area contributed by atoms with E-state index < -0.39 is 0 Å². The van der Waals surface area contributed by atoms with Gasteiger partial charge in [0.15, 0.2) is 5.11 Å². The number of ether oxygens (including phenoxy) is 1. The normalized spacial score (nSPS) is 17.4. The molecule has 0 spiro atoms. The number of rotatable bonds is 5. The molecule has 0 radical (unpaired) electrons. The van der Waals surface area contributed by atoms with Gasteiger partial charge in [-0.2, -0.15) is 0 Å². The number of nitrogens with zero attached hydrogens (tertiary/aromatic N) is 3. The summed E-state index contributed by atoms with van der Waals surface area (Å²) in [5.74, 6) is 0.798. The summed E-state index contributed by atoms with van der Waals surface area (Å²) >= 11 is 5.93. The largest absolute Gasteiger partial charge is 0.497 e. The van der Waals surface area contributed by atoms with Crippen molar-refractivity contribution in [2.45, 2.75) is 46.7 Å². The van der Waals surface area contributed by atoms with E-state index in [2.05, 4.69) is 79.7 Å². The predicted octanol–water partition coefficient (Wildman–Crippen LogP) is 6.60. The average Bonchev–Trinajstić information content (AvgIpc) is 3.35. The maximum Gasteiger partial charge on any atom is 0.174 e. The first-order valence-corrected chi connectivity index (χ1v) is 12.6. The van der Waals surface area contributed by atoms with E-state index in [9.17, 15) is 0 Å². The SMILES string of the molecule is COc1cccc(N2C(=S)N[C@@H](c3ccccn3)[C@@H]2c2cc(C)n(-c3c(C)cc(C)cc3C)c2C)c1. The first-order valence-electron chi connectivity index (χ1n) is 12.2. The molecule has 1 N–H and O–H groups in total.